The van der Waals surface area contributed by atoms with Gasteiger partial charge in [-0.2, -0.15) is 0 Å². The van der Waals surface area contributed by atoms with Crippen molar-refractivity contribution in [1.82, 2.24) is 10.6 Å². The number of ether oxygens (including phenoxy) is 2. The minimum atomic E-state index is -1.08. The standard InChI is InChI=1S/C22H32N2O5/c1-15-8-10-16(11-9-15)14-17(18(25)28-5)23-19(26)22(12-6-7-13-22)24-20(27)29-21(2,3)4/h8-11,17H,6-7,12-14H2,1-5H3,(H,23,26)(H,24,27)/t17-/m0/s1. The Morgan fingerprint density at radius 2 is 1.69 bits per heavy atom. The van der Waals surface area contributed by atoms with Crippen LogP contribution in [-0.4, -0.2) is 42.3 Å². The number of carbonyl (C=O) groups is 3. The number of benzene rings is 1. The van der Waals surface area contributed by atoms with Crippen LogP contribution < -0.4 is 10.6 Å². The molecule has 1 atom stereocenters. The summed E-state index contributed by atoms with van der Waals surface area (Å²) in [7, 11) is 1.29. The van der Waals surface area contributed by atoms with Crippen LogP contribution in [0.1, 0.15) is 57.6 Å². The van der Waals surface area contributed by atoms with Crippen LogP contribution >= 0.6 is 0 Å². The van der Waals surface area contributed by atoms with Crippen LogP contribution in [0.4, 0.5) is 4.79 Å². The fourth-order valence-electron chi connectivity index (χ4n) is 3.48. The van der Waals surface area contributed by atoms with Crippen molar-refractivity contribution < 1.29 is 23.9 Å². The summed E-state index contributed by atoms with van der Waals surface area (Å²) in [5.74, 6) is -0.910. The third-order valence-electron chi connectivity index (χ3n) is 4.98. The Morgan fingerprint density at radius 1 is 1.10 bits per heavy atom. The molecule has 1 aromatic rings. The first-order valence-electron chi connectivity index (χ1n) is 10.0. The molecule has 0 saturated heterocycles. The van der Waals surface area contributed by atoms with E-state index in [-0.39, 0.29) is 5.91 Å². The molecular weight excluding hydrogens is 372 g/mol. The summed E-state index contributed by atoms with van der Waals surface area (Å²) in [6, 6.07) is 6.90. The summed E-state index contributed by atoms with van der Waals surface area (Å²) in [6.45, 7) is 7.28. The molecule has 0 aromatic heterocycles. The molecule has 2 N–H and O–H groups in total. The number of amides is 2. The highest BCUT2D eigenvalue weighted by molar-refractivity contribution is 5.93. The maximum atomic E-state index is 13.2. The fraction of sp³-hybridized carbons (Fsp3) is 0.591. The normalized spacial score (nSPS) is 16.6. The zero-order valence-electron chi connectivity index (χ0n) is 18.0. The van der Waals surface area contributed by atoms with E-state index in [1.54, 1.807) is 20.8 Å². The maximum Gasteiger partial charge on any atom is 0.408 e. The third kappa shape index (κ3) is 6.48. The molecule has 0 bridgehead atoms. The molecule has 0 aliphatic heterocycles. The molecule has 7 nitrogen and oxygen atoms in total. The SMILES string of the molecule is COC(=O)[C@H](Cc1ccc(C)cc1)NC(=O)C1(NC(=O)OC(C)(C)C)CCCC1. The molecule has 1 aliphatic rings. The summed E-state index contributed by atoms with van der Waals surface area (Å²) in [6.07, 6.45) is 2.28. The van der Waals surface area contributed by atoms with Crippen LogP contribution in [-0.2, 0) is 25.5 Å². The fourth-order valence-corrected chi connectivity index (χ4v) is 3.48. The lowest BCUT2D eigenvalue weighted by Gasteiger charge is -2.32. The molecule has 0 heterocycles. The Labute approximate surface area is 172 Å². The van der Waals surface area contributed by atoms with Gasteiger partial charge in [0, 0.05) is 6.42 Å². The highest BCUT2D eigenvalue weighted by atomic mass is 16.6. The van der Waals surface area contributed by atoms with E-state index in [9.17, 15) is 14.4 Å². The van der Waals surface area contributed by atoms with Gasteiger partial charge >= 0.3 is 12.1 Å². The summed E-state index contributed by atoms with van der Waals surface area (Å²) >= 11 is 0. The van der Waals surface area contributed by atoms with Crippen LogP contribution in [0.25, 0.3) is 0 Å². The Balaban J connectivity index is 2.14. The first-order valence-corrected chi connectivity index (χ1v) is 10.0. The molecule has 1 aliphatic carbocycles. The van der Waals surface area contributed by atoms with Crippen molar-refractivity contribution in [1.29, 1.82) is 0 Å². The van der Waals surface area contributed by atoms with Crippen molar-refractivity contribution in [3.63, 3.8) is 0 Å². The molecule has 0 spiro atoms. The average molecular weight is 405 g/mol. The van der Waals surface area contributed by atoms with Gasteiger partial charge in [0.05, 0.1) is 7.11 Å². The van der Waals surface area contributed by atoms with Gasteiger partial charge in [0.25, 0.3) is 0 Å². The maximum absolute atomic E-state index is 13.2. The number of methoxy groups -OCH3 is 1. The van der Waals surface area contributed by atoms with Crippen LogP contribution in [0.2, 0.25) is 0 Å². The topological polar surface area (TPSA) is 93.7 Å². The molecule has 1 saturated carbocycles. The highest BCUT2D eigenvalue weighted by Crippen LogP contribution is 2.30. The van der Waals surface area contributed by atoms with E-state index in [0.717, 1.165) is 24.0 Å². The summed E-state index contributed by atoms with van der Waals surface area (Å²) in [5, 5.41) is 5.56. The number of carbonyl (C=O) groups excluding carboxylic acids is 3. The minimum Gasteiger partial charge on any atom is -0.467 e. The quantitative estimate of drug-likeness (QED) is 0.711. The van der Waals surface area contributed by atoms with Crippen molar-refractivity contribution in [2.24, 2.45) is 0 Å². The van der Waals surface area contributed by atoms with Gasteiger partial charge in [-0.3, -0.25) is 4.79 Å². The summed E-state index contributed by atoms with van der Waals surface area (Å²) in [4.78, 5) is 37.8. The van der Waals surface area contributed by atoms with E-state index in [1.165, 1.54) is 7.11 Å². The monoisotopic (exact) mass is 404 g/mol. The Hall–Kier alpha value is -2.57. The van der Waals surface area contributed by atoms with Gasteiger partial charge < -0.3 is 20.1 Å². The second-order valence-corrected chi connectivity index (χ2v) is 8.66. The van der Waals surface area contributed by atoms with Gasteiger partial charge in [0.15, 0.2) is 0 Å². The van der Waals surface area contributed by atoms with Gasteiger partial charge in [-0.1, -0.05) is 42.7 Å². The number of aryl methyl sites for hydroxylation is 1. The zero-order valence-corrected chi connectivity index (χ0v) is 18.0. The van der Waals surface area contributed by atoms with Crippen molar-refractivity contribution >= 4 is 18.0 Å². The van der Waals surface area contributed by atoms with E-state index in [0.29, 0.717) is 19.3 Å². The van der Waals surface area contributed by atoms with Gasteiger partial charge in [-0.15, -0.1) is 0 Å². The highest BCUT2D eigenvalue weighted by Gasteiger charge is 2.44. The lowest BCUT2D eigenvalue weighted by atomic mass is 9.95. The van der Waals surface area contributed by atoms with Crippen molar-refractivity contribution in [3.05, 3.63) is 35.4 Å². The molecule has 2 rings (SSSR count). The Morgan fingerprint density at radius 3 is 2.21 bits per heavy atom. The molecule has 29 heavy (non-hydrogen) atoms. The van der Waals surface area contributed by atoms with E-state index < -0.39 is 29.2 Å². The van der Waals surface area contributed by atoms with E-state index >= 15 is 0 Å². The smallest absolute Gasteiger partial charge is 0.408 e. The van der Waals surface area contributed by atoms with Crippen molar-refractivity contribution in [3.8, 4) is 0 Å². The Bertz CT molecular complexity index is 731. The van der Waals surface area contributed by atoms with E-state index in [1.807, 2.05) is 31.2 Å². The van der Waals surface area contributed by atoms with Gasteiger partial charge in [0.2, 0.25) is 5.91 Å². The lowest BCUT2D eigenvalue weighted by Crippen LogP contribution is -2.60. The molecule has 2 amide bonds. The van der Waals surface area contributed by atoms with E-state index in [4.69, 9.17) is 9.47 Å². The van der Waals surface area contributed by atoms with Crippen LogP contribution in [0.5, 0.6) is 0 Å². The molecule has 1 aromatic carbocycles. The number of alkyl carbamates (subject to hydrolysis) is 1. The van der Waals surface area contributed by atoms with Crippen molar-refractivity contribution in [2.45, 2.75) is 77.0 Å². The molecule has 1 fully saturated rings. The van der Waals surface area contributed by atoms with Gasteiger partial charge in [-0.25, -0.2) is 9.59 Å². The zero-order chi connectivity index (χ0) is 21.7. The predicted octanol–water partition coefficient (Wildman–Crippen LogP) is 3.03. The number of hydrogen-bond acceptors (Lipinski definition) is 5. The number of nitrogens with one attached hydrogen (secondary N) is 2. The molecule has 0 radical (unpaired) electrons. The number of esters is 1. The summed E-state index contributed by atoms with van der Waals surface area (Å²) in [5.41, 5.74) is 0.271. The van der Waals surface area contributed by atoms with Crippen LogP contribution in [0.15, 0.2) is 24.3 Å². The Kier molecular flexibility index (Phi) is 7.27. The van der Waals surface area contributed by atoms with Gasteiger partial charge in [0.1, 0.15) is 17.2 Å². The second kappa shape index (κ2) is 9.29. The third-order valence-corrected chi connectivity index (χ3v) is 4.98. The predicted molar refractivity (Wildman–Crippen MR) is 109 cm³/mol. The number of rotatable bonds is 6. The second-order valence-electron chi connectivity index (χ2n) is 8.66. The van der Waals surface area contributed by atoms with Crippen LogP contribution in [0, 0.1) is 6.92 Å². The largest absolute Gasteiger partial charge is 0.467 e. The first-order chi connectivity index (χ1) is 13.5. The van der Waals surface area contributed by atoms with Gasteiger partial charge in [-0.05, 0) is 46.1 Å². The lowest BCUT2D eigenvalue weighted by molar-refractivity contribution is -0.145. The number of hydrogen-bond donors (Lipinski definition) is 2. The van der Waals surface area contributed by atoms with Crippen molar-refractivity contribution in [2.75, 3.05) is 7.11 Å². The molecular formula is C22H32N2O5. The van der Waals surface area contributed by atoms with E-state index in [2.05, 4.69) is 10.6 Å². The summed E-state index contributed by atoms with van der Waals surface area (Å²) < 4.78 is 10.2. The van der Waals surface area contributed by atoms with Crippen LogP contribution in [0.3, 0.4) is 0 Å². The average Bonchev–Trinajstić information content (AvgIpc) is 3.10. The molecule has 0 unspecified atom stereocenters. The molecule has 7 heteroatoms. The first kappa shape index (κ1) is 22.7. The molecule has 160 valence electrons. The minimum absolute atomic E-state index is 0.307.